The normalized spacial score (nSPS) is 21.4. The Morgan fingerprint density at radius 2 is 1.82 bits per heavy atom. The fraction of sp³-hybridized carbons (Fsp3) is 0.375. The minimum atomic E-state index is 0.362. The molecule has 17 heavy (non-hydrogen) atoms. The maximum atomic E-state index is 3.47. The molecule has 0 spiro atoms. The van der Waals surface area contributed by atoms with Crippen molar-refractivity contribution in [3.63, 3.8) is 0 Å². The van der Waals surface area contributed by atoms with Gasteiger partial charge in [0.1, 0.15) is 0 Å². The molecule has 0 N–H and O–H groups in total. The molecule has 0 atom stereocenters. The Morgan fingerprint density at radius 3 is 2.41 bits per heavy atom. The zero-order valence-electron chi connectivity index (χ0n) is 10.8. The summed E-state index contributed by atoms with van der Waals surface area (Å²) < 4.78 is 1.14. The van der Waals surface area contributed by atoms with Gasteiger partial charge in [0.2, 0.25) is 0 Å². The number of halogens is 1. The summed E-state index contributed by atoms with van der Waals surface area (Å²) in [6.07, 6.45) is 7.15. The molecule has 0 saturated heterocycles. The maximum Gasteiger partial charge on any atom is 0.0175 e. The van der Waals surface area contributed by atoms with Gasteiger partial charge < -0.3 is 0 Å². The molecule has 0 aliphatic heterocycles. The number of rotatable bonds is 1. The van der Waals surface area contributed by atoms with Crippen LogP contribution in [0, 0.1) is 5.41 Å². The van der Waals surface area contributed by atoms with Crippen molar-refractivity contribution in [2.75, 3.05) is 0 Å². The first kappa shape index (κ1) is 12.6. The van der Waals surface area contributed by atoms with Gasteiger partial charge in [0, 0.05) is 4.47 Å². The summed E-state index contributed by atoms with van der Waals surface area (Å²) in [6.45, 7) is 6.85. The van der Waals surface area contributed by atoms with Crippen LogP contribution in [0.4, 0.5) is 0 Å². The number of benzene rings is 1. The van der Waals surface area contributed by atoms with E-state index in [0.29, 0.717) is 5.41 Å². The molecule has 0 fully saturated rings. The zero-order valence-corrected chi connectivity index (χ0v) is 12.3. The van der Waals surface area contributed by atoms with Crippen LogP contribution in [0.2, 0.25) is 0 Å². The topological polar surface area (TPSA) is 0 Å². The molecule has 1 aliphatic carbocycles. The summed E-state index contributed by atoms with van der Waals surface area (Å²) in [5, 5.41) is 0. The average Bonchev–Trinajstić information content (AvgIpc) is 2.24. The number of hydrogen-bond donors (Lipinski definition) is 0. The molecule has 1 heteroatoms. The molecule has 0 aromatic heterocycles. The highest BCUT2D eigenvalue weighted by molar-refractivity contribution is 9.10. The van der Waals surface area contributed by atoms with Crippen molar-refractivity contribution >= 4 is 22.0 Å². The second kappa shape index (κ2) is 4.81. The Kier molecular flexibility index (Phi) is 3.58. The van der Waals surface area contributed by atoms with Crippen molar-refractivity contribution in [3.05, 3.63) is 51.5 Å². The molecule has 0 heterocycles. The van der Waals surface area contributed by atoms with Crippen molar-refractivity contribution in [1.82, 2.24) is 0 Å². The van der Waals surface area contributed by atoms with Crippen LogP contribution in [0.25, 0.3) is 6.08 Å². The molecule has 0 bridgehead atoms. The summed E-state index contributed by atoms with van der Waals surface area (Å²) in [5.74, 6) is 0. The van der Waals surface area contributed by atoms with Gasteiger partial charge in [0.05, 0.1) is 0 Å². The van der Waals surface area contributed by atoms with E-state index in [1.54, 1.807) is 0 Å². The molecule has 2 rings (SSSR count). The van der Waals surface area contributed by atoms with Gasteiger partial charge in [-0.1, -0.05) is 59.6 Å². The van der Waals surface area contributed by atoms with Crippen LogP contribution in [-0.4, -0.2) is 0 Å². The molecular formula is C16H19Br. The highest BCUT2D eigenvalue weighted by Gasteiger charge is 2.21. The van der Waals surface area contributed by atoms with Crippen LogP contribution < -0.4 is 0 Å². The maximum absolute atomic E-state index is 3.47. The smallest absolute Gasteiger partial charge is 0.0175 e. The van der Waals surface area contributed by atoms with E-state index in [4.69, 9.17) is 0 Å². The third-order valence-corrected chi connectivity index (χ3v) is 3.89. The van der Waals surface area contributed by atoms with Crippen LogP contribution in [0.3, 0.4) is 0 Å². The van der Waals surface area contributed by atoms with Gasteiger partial charge in [-0.05, 0) is 48.4 Å². The lowest BCUT2D eigenvalue weighted by Gasteiger charge is -2.28. The summed E-state index contributed by atoms with van der Waals surface area (Å²) in [6, 6.07) is 8.50. The SMILES string of the molecule is CC1=CC(C)(C)CC/C1=C/c1ccc(Br)cc1. The van der Waals surface area contributed by atoms with Gasteiger partial charge in [-0.3, -0.25) is 0 Å². The lowest BCUT2D eigenvalue weighted by Crippen LogP contribution is -2.13. The molecule has 0 radical (unpaired) electrons. The van der Waals surface area contributed by atoms with Crippen molar-refractivity contribution in [2.45, 2.75) is 33.6 Å². The highest BCUT2D eigenvalue weighted by Crippen LogP contribution is 2.36. The molecule has 0 unspecified atom stereocenters. The van der Waals surface area contributed by atoms with Crippen molar-refractivity contribution in [2.24, 2.45) is 5.41 Å². The molecule has 1 aromatic carbocycles. The van der Waals surface area contributed by atoms with E-state index in [1.165, 1.54) is 29.6 Å². The van der Waals surface area contributed by atoms with E-state index in [1.807, 2.05) is 0 Å². The molecule has 0 nitrogen and oxygen atoms in total. The highest BCUT2D eigenvalue weighted by atomic mass is 79.9. The number of allylic oxidation sites excluding steroid dienone is 3. The van der Waals surface area contributed by atoms with E-state index in [2.05, 4.69) is 73.1 Å². The van der Waals surface area contributed by atoms with E-state index in [9.17, 15) is 0 Å². The quantitative estimate of drug-likeness (QED) is 0.632. The molecule has 0 amide bonds. The predicted octanol–water partition coefficient (Wildman–Crippen LogP) is 5.60. The largest absolute Gasteiger partial charge is 0.0756 e. The summed E-state index contributed by atoms with van der Waals surface area (Å²) in [7, 11) is 0. The van der Waals surface area contributed by atoms with Crippen LogP contribution >= 0.6 is 15.9 Å². The van der Waals surface area contributed by atoms with Gasteiger partial charge in [-0.2, -0.15) is 0 Å². The Balaban J connectivity index is 2.27. The monoisotopic (exact) mass is 290 g/mol. The van der Waals surface area contributed by atoms with Gasteiger partial charge in [0.25, 0.3) is 0 Å². The summed E-state index contributed by atoms with van der Waals surface area (Å²) >= 11 is 3.47. The minimum absolute atomic E-state index is 0.362. The Labute approximate surface area is 113 Å². The van der Waals surface area contributed by atoms with Crippen LogP contribution in [0.5, 0.6) is 0 Å². The summed E-state index contributed by atoms with van der Waals surface area (Å²) in [4.78, 5) is 0. The minimum Gasteiger partial charge on any atom is -0.0756 e. The van der Waals surface area contributed by atoms with E-state index in [0.717, 1.165) is 4.47 Å². The number of hydrogen-bond acceptors (Lipinski definition) is 0. The lowest BCUT2D eigenvalue weighted by molar-refractivity contribution is 0.423. The predicted molar refractivity (Wildman–Crippen MR) is 78.9 cm³/mol. The van der Waals surface area contributed by atoms with Crippen LogP contribution in [0.1, 0.15) is 39.2 Å². The Morgan fingerprint density at radius 1 is 1.18 bits per heavy atom. The van der Waals surface area contributed by atoms with Crippen molar-refractivity contribution in [3.8, 4) is 0 Å². The van der Waals surface area contributed by atoms with Crippen molar-refractivity contribution < 1.29 is 0 Å². The van der Waals surface area contributed by atoms with E-state index in [-0.39, 0.29) is 0 Å². The molecule has 90 valence electrons. The second-order valence-corrected chi connectivity index (χ2v) is 6.45. The molecule has 1 aliphatic rings. The third-order valence-electron chi connectivity index (χ3n) is 3.36. The Hall–Kier alpha value is -0.820. The first-order valence-corrected chi connectivity index (χ1v) is 6.92. The van der Waals surface area contributed by atoms with Gasteiger partial charge in [-0.15, -0.1) is 0 Å². The second-order valence-electron chi connectivity index (χ2n) is 5.54. The third kappa shape index (κ3) is 3.32. The van der Waals surface area contributed by atoms with Crippen LogP contribution in [-0.2, 0) is 0 Å². The fourth-order valence-electron chi connectivity index (χ4n) is 2.35. The average molecular weight is 291 g/mol. The molecule has 0 saturated carbocycles. The molecular weight excluding hydrogens is 272 g/mol. The van der Waals surface area contributed by atoms with Gasteiger partial charge >= 0.3 is 0 Å². The van der Waals surface area contributed by atoms with Crippen molar-refractivity contribution in [1.29, 1.82) is 0 Å². The summed E-state index contributed by atoms with van der Waals surface area (Å²) in [5.41, 5.74) is 4.56. The first-order chi connectivity index (χ1) is 7.96. The zero-order chi connectivity index (χ0) is 12.5. The van der Waals surface area contributed by atoms with E-state index >= 15 is 0 Å². The van der Waals surface area contributed by atoms with Gasteiger partial charge in [-0.25, -0.2) is 0 Å². The Bertz CT molecular complexity index is 461. The van der Waals surface area contributed by atoms with Crippen LogP contribution in [0.15, 0.2) is 46.0 Å². The fourth-order valence-corrected chi connectivity index (χ4v) is 2.62. The molecule has 1 aromatic rings. The first-order valence-electron chi connectivity index (χ1n) is 6.12. The van der Waals surface area contributed by atoms with Gasteiger partial charge in [0.15, 0.2) is 0 Å². The van der Waals surface area contributed by atoms with E-state index < -0.39 is 0 Å². The standard InChI is InChI=1S/C16H19Br/c1-12-11-16(2,3)9-8-14(12)10-13-4-6-15(17)7-5-13/h4-7,10-11H,8-9H2,1-3H3/b14-10-. The lowest BCUT2D eigenvalue weighted by atomic mass is 9.77.